The Morgan fingerprint density at radius 3 is 2.68 bits per heavy atom. The van der Waals surface area contributed by atoms with Gasteiger partial charge >= 0.3 is 12.0 Å². The predicted molar refractivity (Wildman–Crippen MR) is 71.9 cm³/mol. The van der Waals surface area contributed by atoms with Crippen LogP contribution in [0.2, 0.25) is 5.02 Å². The Labute approximate surface area is 115 Å². The number of carbonyl (C=O) groups is 2. The van der Waals surface area contributed by atoms with Gasteiger partial charge in [0.25, 0.3) is 0 Å². The minimum atomic E-state index is -1.06. The lowest BCUT2D eigenvalue weighted by Crippen LogP contribution is -2.38. The highest BCUT2D eigenvalue weighted by molar-refractivity contribution is 6.32. The van der Waals surface area contributed by atoms with Gasteiger partial charge in [0.05, 0.1) is 12.1 Å². The molecule has 0 saturated carbocycles. The molecule has 104 valence electrons. The van der Waals surface area contributed by atoms with E-state index in [-0.39, 0.29) is 6.54 Å². The number of likely N-dealkylation sites (N-methyl/N-ethyl adjacent to an activating group) is 1. The summed E-state index contributed by atoms with van der Waals surface area (Å²) in [7, 11) is 1.47. The molecule has 1 rings (SSSR count). The van der Waals surface area contributed by atoms with E-state index in [0.717, 1.165) is 0 Å². The van der Waals surface area contributed by atoms with Crippen molar-refractivity contribution >= 4 is 29.3 Å². The molecule has 0 fully saturated rings. The number of carbonyl (C=O) groups excluding carboxylic acids is 1. The van der Waals surface area contributed by atoms with Gasteiger partial charge in [-0.1, -0.05) is 11.6 Å². The second-order valence-electron chi connectivity index (χ2n) is 3.69. The highest BCUT2D eigenvalue weighted by Gasteiger charge is 2.15. The molecule has 7 heteroatoms. The van der Waals surface area contributed by atoms with Gasteiger partial charge in [-0.15, -0.1) is 0 Å². The van der Waals surface area contributed by atoms with Crippen LogP contribution in [0.25, 0.3) is 0 Å². The van der Waals surface area contributed by atoms with Crippen LogP contribution in [-0.4, -0.2) is 42.2 Å². The number of methoxy groups -OCH3 is 1. The molecule has 19 heavy (non-hydrogen) atoms. The van der Waals surface area contributed by atoms with Gasteiger partial charge < -0.3 is 20.1 Å². The number of halogens is 1. The van der Waals surface area contributed by atoms with E-state index in [1.807, 2.05) is 0 Å². The summed E-state index contributed by atoms with van der Waals surface area (Å²) in [5, 5.41) is 11.7. The normalized spacial score (nSPS) is 9.84. The molecule has 0 spiro atoms. The minimum absolute atomic E-state index is 0.295. The molecule has 0 aliphatic carbocycles. The zero-order chi connectivity index (χ0) is 14.4. The molecular formula is C12H15ClN2O4. The first-order chi connectivity index (χ1) is 8.97. The van der Waals surface area contributed by atoms with Crippen LogP contribution in [0.5, 0.6) is 5.75 Å². The Morgan fingerprint density at radius 2 is 2.16 bits per heavy atom. The summed E-state index contributed by atoms with van der Waals surface area (Å²) < 4.78 is 5.03. The van der Waals surface area contributed by atoms with Crippen molar-refractivity contribution in [2.45, 2.75) is 6.92 Å². The summed E-state index contributed by atoms with van der Waals surface area (Å²) in [5.41, 5.74) is 0.482. The Balaban J connectivity index is 2.78. The van der Waals surface area contributed by atoms with Gasteiger partial charge in [-0.2, -0.15) is 0 Å². The van der Waals surface area contributed by atoms with Crippen LogP contribution in [-0.2, 0) is 4.79 Å². The van der Waals surface area contributed by atoms with Crippen LogP contribution in [0.4, 0.5) is 10.5 Å². The molecule has 6 nitrogen and oxygen atoms in total. The van der Waals surface area contributed by atoms with Gasteiger partial charge in [0.2, 0.25) is 0 Å². The second-order valence-corrected chi connectivity index (χ2v) is 4.09. The predicted octanol–water partition coefficient (Wildman–Crippen LogP) is 2.29. The van der Waals surface area contributed by atoms with Crippen molar-refractivity contribution in [3.63, 3.8) is 0 Å². The Kier molecular flexibility index (Phi) is 5.44. The summed E-state index contributed by atoms with van der Waals surface area (Å²) in [6.45, 7) is 1.64. The van der Waals surface area contributed by atoms with Crippen LogP contribution < -0.4 is 10.1 Å². The van der Waals surface area contributed by atoms with E-state index in [0.29, 0.717) is 23.0 Å². The lowest BCUT2D eigenvalue weighted by molar-refractivity contribution is -0.137. The van der Waals surface area contributed by atoms with E-state index in [1.54, 1.807) is 25.1 Å². The number of ether oxygens (including phenoxy) is 1. The molecule has 1 aromatic carbocycles. The molecule has 0 radical (unpaired) electrons. The number of amides is 2. The Bertz CT molecular complexity index is 479. The summed E-state index contributed by atoms with van der Waals surface area (Å²) in [4.78, 5) is 23.6. The van der Waals surface area contributed by atoms with Crippen molar-refractivity contribution in [2.24, 2.45) is 0 Å². The number of carboxylic acids is 1. The third-order valence-electron chi connectivity index (χ3n) is 2.40. The molecule has 0 atom stereocenters. The van der Waals surface area contributed by atoms with Crippen molar-refractivity contribution in [1.29, 1.82) is 0 Å². The van der Waals surface area contributed by atoms with Gasteiger partial charge in [-0.3, -0.25) is 4.79 Å². The molecule has 0 saturated heterocycles. The van der Waals surface area contributed by atoms with Gasteiger partial charge in [0.15, 0.2) is 0 Å². The number of rotatable bonds is 5. The fourth-order valence-electron chi connectivity index (χ4n) is 1.43. The number of hydrogen-bond acceptors (Lipinski definition) is 3. The summed E-state index contributed by atoms with van der Waals surface area (Å²) >= 11 is 5.87. The standard InChI is InChI=1S/C12H15ClN2O4/c1-3-15(7-11(16)17)12(18)14-8-4-5-9(13)10(6-8)19-2/h4-6H,3,7H2,1-2H3,(H,14,18)(H,16,17). The van der Waals surface area contributed by atoms with Gasteiger partial charge in [-0.25, -0.2) is 4.79 Å². The van der Waals surface area contributed by atoms with E-state index in [2.05, 4.69) is 5.32 Å². The first kappa shape index (κ1) is 15.1. The molecule has 0 heterocycles. The van der Waals surface area contributed by atoms with Gasteiger partial charge in [0, 0.05) is 18.3 Å². The van der Waals surface area contributed by atoms with Crippen molar-refractivity contribution in [2.75, 3.05) is 25.5 Å². The van der Waals surface area contributed by atoms with Crippen molar-refractivity contribution < 1.29 is 19.4 Å². The summed E-state index contributed by atoms with van der Waals surface area (Å²) in [6, 6.07) is 4.27. The lowest BCUT2D eigenvalue weighted by atomic mass is 10.3. The molecule has 2 amide bonds. The van der Waals surface area contributed by atoms with Crippen LogP contribution in [0.1, 0.15) is 6.92 Å². The maximum Gasteiger partial charge on any atom is 0.323 e. The fraction of sp³-hybridized carbons (Fsp3) is 0.333. The zero-order valence-corrected chi connectivity index (χ0v) is 11.4. The second kappa shape index (κ2) is 6.84. The van der Waals surface area contributed by atoms with Crippen LogP contribution >= 0.6 is 11.6 Å². The van der Waals surface area contributed by atoms with Gasteiger partial charge in [-0.05, 0) is 19.1 Å². The van der Waals surface area contributed by atoms with Crippen molar-refractivity contribution in [3.8, 4) is 5.75 Å². The third kappa shape index (κ3) is 4.33. The first-order valence-corrected chi connectivity index (χ1v) is 5.97. The van der Waals surface area contributed by atoms with Crippen LogP contribution in [0, 0.1) is 0 Å². The number of carboxylic acid groups (broad SMARTS) is 1. The molecular weight excluding hydrogens is 272 g/mol. The van der Waals surface area contributed by atoms with Crippen LogP contribution in [0.15, 0.2) is 18.2 Å². The minimum Gasteiger partial charge on any atom is -0.495 e. The number of nitrogens with zero attached hydrogens (tertiary/aromatic N) is 1. The largest absolute Gasteiger partial charge is 0.495 e. The molecule has 0 aromatic heterocycles. The zero-order valence-electron chi connectivity index (χ0n) is 10.6. The molecule has 0 aliphatic heterocycles. The van der Waals surface area contributed by atoms with E-state index >= 15 is 0 Å². The average Bonchev–Trinajstić information content (AvgIpc) is 2.37. The number of anilines is 1. The van der Waals surface area contributed by atoms with Gasteiger partial charge in [0.1, 0.15) is 12.3 Å². The quantitative estimate of drug-likeness (QED) is 0.870. The topological polar surface area (TPSA) is 78.9 Å². The maximum atomic E-state index is 11.8. The van der Waals surface area contributed by atoms with E-state index in [1.165, 1.54) is 12.0 Å². The number of aliphatic carboxylic acids is 1. The third-order valence-corrected chi connectivity index (χ3v) is 2.71. The molecule has 0 aliphatic rings. The number of hydrogen-bond donors (Lipinski definition) is 2. The lowest BCUT2D eigenvalue weighted by Gasteiger charge is -2.19. The monoisotopic (exact) mass is 286 g/mol. The number of benzene rings is 1. The number of urea groups is 1. The SMILES string of the molecule is CCN(CC(=O)O)C(=O)Nc1ccc(Cl)c(OC)c1. The highest BCUT2D eigenvalue weighted by Crippen LogP contribution is 2.27. The van der Waals surface area contributed by atoms with E-state index in [4.69, 9.17) is 21.4 Å². The number of nitrogens with one attached hydrogen (secondary N) is 1. The van der Waals surface area contributed by atoms with E-state index < -0.39 is 12.0 Å². The average molecular weight is 287 g/mol. The summed E-state index contributed by atoms with van der Waals surface area (Å²) in [5.74, 6) is -0.633. The molecule has 0 unspecified atom stereocenters. The molecule has 0 bridgehead atoms. The summed E-state index contributed by atoms with van der Waals surface area (Å²) in [6.07, 6.45) is 0. The molecule has 1 aromatic rings. The van der Waals surface area contributed by atoms with E-state index in [9.17, 15) is 9.59 Å². The Hall–Kier alpha value is -1.95. The molecule has 2 N–H and O–H groups in total. The van der Waals surface area contributed by atoms with Crippen molar-refractivity contribution in [3.05, 3.63) is 23.2 Å². The van der Waals surface area contributed by atoms with Crippen LogP contribution in [0.3, 0.4) is 0 Å². The first-order valence-electron chi connectivity index (χ1n) is 5.59. The Morgan fingerprint density at radius 1 is 1.47 bits per heavy atom. The van der Waals surface area contributed by atoms with Crippen molar-refractivity contribution in [1.82, 2.24) is 4.90 Å². The maximum absolute atomic E-state index is 11.8. The fourth-order valence-corrected chi connectivity index (χ4v) is 1.63. The highest BCUT2D eigenvalue weighted by atomic mass is 35.5. The smallest absolute Gasteiger partial charge is 0.323 e.